The summed E-state index contributed by atoms with van der Waals surface area (Å²) in [5.74, 6) is -0.209. The van der Waals surface area contributed by atoms with Crippen LogP contribution in [-0.2, 0) is 9.59 Å². The maximum absolute atomic E-state index is 13.5. The molecule has 4 aromatic rings. The number of nitrogens with two attached hydrogens (primary N) is 1. The highest BCUT2D eigenvalue weighted by Gasteiger charge is 2.57. The number of hydrogen-bond donors (Lipinski definition) is 1. The molecule has 2 aromatic carbocycles. The van der Waals surface area contributed by atoms with Crippen molar-refractivity contribution in [3.63, 3.8) is 0 Å². The molecule has 6 nitrogen and oxygen atoms in total. The number of primary amides is 1. The van der Waals surface area contributed by atoms with E-state index in [1.807, 2.05) is 6.07 Å². The molecule has 2 aromatic heterocycles. The number of carbonyl (C=O) groups excluding carboxylic acids is 2. The van der Waals surface area contributed by atoms with E-state index in [4.69, 9.17) is 10.5 Å². The third kappa shape index (κ3) is 4.06. The Morgan fingerprint density at radius 1 is 1.06 bits per heavy atom. The van der Waals surface area contributed by atoms with Gasteiger partial charge in [0.05, 0.1) is 13.1 Å². The van der Waals surface area contributed by atoms with Crippen LogP contribution >= 0.6 is 33.9 Å². The molecular weight excluding hydrogens is 556 g/mol. The molecule has 5 rings (SSSR count). The molecule has 9 heteroatoms. The number of amides is 2. The first-order valence-electron chi connectivity index (χ1n) is 10.1. The number of hydrogen-bond acceptors (Lipinski definition) is 5. The smallest absolute Gasteiger partial charge is 0.247 e. The van der Waals surface area contributed by atoms with Gasteiger partial charge in [-0.15, -0.1) is 11.3 Å². The summed E-state index contributed by atoms with van der Waals surface area (Å²) in [4.78, 5) is 31.1. The van der Waals surface area contributed by atoms with E-state index < -0.39 is 23.0 Å². The third-order valence-corrected chi connectivity index (χ3v) is 7.49. The van der Waals surface area contributed by atoms with Gasteiger partial charge in [0, 0.05) is 23.6 Å². The molecule has 2 heterocycles. The molecule has 2 N–H and O–H groups in total. The van der Waals surface area contributed by atoms with E-state index in [-0.39, 0.29) is 0 Å². The van der Waals surface area contributed by atoms with Crippen molar-refractivity contribution < 1.29 is 18.7 Å². The summed E-state index contributed by atoms with van der Waals surface area (Å²) >= 11 is 3.84. The van der Waals surface area contributed by atoms with Crippen molar-refractivity contribution in [2.45, 2.75) is 12.8 Å². The number of anilines is 2. The molecule has 0 saturated heterocycles. The number of rotatable bonds is 6. The molecule has 1 fully saturated rings. The van der Waals surface area contributed by atoms with E-state index in [0.717, 1.165) is 13.1 Å². The number of carbonyl (C=O) groups is 2. The Balaban J connectivity index is 1.48. The van der Waals surface area contributed by atoms with Gasteiger partial charge in [-0.3, -0.25) is 19.5 Å². The van der Waals surface area contributed by atoms with Crippen LogP contribution in [0.2, 0.25) is 0 Å². The van der Waals surface area contributed by atoms with Crippen molar-refractivity contribution in [1.82, 2.24) is 4.98 Å². The fourth-order valence-corrected chi connectivity index (χ4v) is 5.38. The topological polar surface area (TPSA) is 85.5 Å². The molecule has 1 saturated carbocycles. The second-order valence-electron chi connectivity index (χ2n) is 7.73. The van der Waals surface area contributed by atoms with Crippen molar-refractivity contribution in [2.75, 3.05) is 4.90 Å². The minimum atomic E-state index is -1.22. The predicted molar refractivity (Wildman–Crippen MR) is 133 cm³/mol. The Kier molecular flexibility index (Phi) is 5.53. The molecule has 2 amide bonds. The summed E-state index contributed by atoms with van der Waals surface area (Å²) in [5, 5.41) is 0. The Labute approximate surface area is 206 Å². The molecule has 33 heavy (non-hydrogen) atoms. The number of halogens is 2. The minimum Gasteiger partial charge on any atom is -0.456 e. The van der Waals surface area contributed by atoms with Crippen LogP contribution in [0.4, 0.5) is 15.8 Å². The highest BCUT2D eigenvalue weighted by atomic mass is 127. The Bertz CT molecular complexity index is 1370. The fourth-order valence-electron chi connectivity index (χ4n) is 3.63. The normalized spacial score (nSPS) is 14.1. The van der Waals surface area contributed by atoms with Gasteiger partial charge in [-0.2, -0.15) is 0 Å². The van der Waals surface area contributed by atoms with E-state index in [1.54, 1.807) is 47.9 Å². The van der Waals surface area contributed by atoms with Crippen molar-refractivity contribution in [1.29, 1.82) is 0 Å². The highest BCUT2D eigenvalue weighted by Crippen LogP contribution is 2.49. The number of aromatic nitrogens is 1. The molecular formula is C24H17FIN3O3S. The van der Waals surface area contributed by atoms with Crippen molar-refractivity contribution in [2.24, 2.45) is 11.1 Å². The average molecular weight is 573 g/mol. The summed E-state index contributed by atoms with van der Waals surface area (Å²) in [7, 11) is 0. The molecule has 0 atom stereocenters. The lowest BCUT2D eigenvalue weighted by atomic mass is 10.0. The monoisotopic (exact) mass is 573 g/mol. The van der Waals surface area contributed by atoms with Crippen LogP contribution < -0.4 is 15.4 Å². The number of thiophene rings is 1. The average Bonchev–Trinajstić information content (AvgIpc) is 3.53. The van der Waals surface area contributed by atoms with Crippen LogP contribution in [-0.4, -0.2) is 16.8 Å². The number of fused-ring (bicyclic) bond motifs is 1. The van der Waals surface area contributed by atoms with Gasteiger partial charge in [-0.1, -0.05) is 0 Å². The summed E-state index contributed by atoms with van der Waals surface area (Å²) < 4.78 is 21.6. The van der Waals surface area contributed by atoms with Gasteiger partial charge < -0.3 is 10.5 Å². The minimum absolute atomic E-state index is 0.401. The standard InChI is InChI=1S/C24H17FIN3O3S/c25-14-1-3-15(4-2-14)29(23(31)24(10-11-24)22(27)30)16-5-7-17(8-6-16)32-19-9-12-28-18-13-20(26)33-21(18)19/h1-9,12-13H,10-11H2,(H2,27,30). The van der Waals surface area contributed by atoms with Crippen molar-refractivity contribution >= 4 is 67.3 Å². The second kappa shape index (κ2) is 8.38. The zero-order chi connectivity index (χ0) is 23.2. The molecule has 0 radical (unpaired) electrons. The zero-order valence-electron chi connectivity index (χ0n) is 17.1. The maximum Gasteiger partial charge on any atom is 0.247 e. The zero-order valence-corrected chi connectivity index (χ0v) is 20.1. The molecule has 0 unspecified atom stereocenters. The molecule has 1 aliphatic carbocycles. The van der Waals surface area contributed by atoms with E-state index in [9.17, 15) is 14.0 Å². The van der Waals surface area contributed by atoms with Crippen LogP contribution in [0.25, 0.3) is 10.2 Å². The molecule has 0 aliphatic heterocycles. The second-order valence-corrected chi connectivity index (χ2v) is 10.7. The van der Waals surface area contributed by atoms with Gasteiger partial charge >= 0.3 is 0 Å². The fraction of sp³-hybridized carbons (Fsp3) is 0.125. The molecule has 166 valence electrons. The first kappa shape index (κ1) is 21.8. The number of pyridine rings is 1. The highest BCUT2D eigenvalue weighted by molar-refractivity contribution is 14.1. The summed E-state index contributed by atoms with van der Waals surface area (Å²) in [6.07, 6.45) is 2.50. The number of ether oxygens (including phenoxy) is 1. The summed E-state index contributed by atoms with van der Waals surface area (Å²) in [5.41, 5.74) is 6.16. The predicted octanol–water partition coefficient (Wildman–Crippen LogP) is 5.76. The van der Waals surface area contributed by atoms with Gasteiger partial charge in [-0.05, 0) is 90.0 Å². The molecule has 0 spiro atoms. The lowest BCUT2D eigenvalue weighted by molar-refractivity contribution is -0.133. The Morgan fingerprint density at radius 3 is 2.30 bits per heavy atom. The SMILES string of the molecule is NC(=O)C1(C(=O)N(c2ccc(F)cc2)c2ccc(Oc3ccnc4cc(I)sc34)cc2)CC1. The van der Waals surface area contributed by atoms with Crippen LogP contribution in [0.15, 0.2) is 66.9 Å². The van der Waals surface area contributed by atoms with Gasteiger partial charge in [0.15, 0.2) is 0 Å². The molecule has 1 aliphatic rings. The van der Waals surface area contributed by atoms with E-state index in [0.29, 0.717) is 35.7 Å². The molecule has 0 bridgehead atoms. The van der Waals surface area contributed by atoms with Crippen LogP contribution in [0.3, 0.4) is 0 Å². The Morgan fingerprint density at radius 2 is 1.70 bits per heavy atom. The summed E-state index contributed by atoms with van der Waals surface area (Å²) in [6.45, 7) is 0. The van der Waals surface area contributed by atoms with E-state index in [2.05, 4.69) is 27.6 Å². The largest absolute Gasteiger partial charge is 0.456 e. The number of benzene rings is 2. The Hall–Kier alpha value is -3.05. The van der Waals surface area contributed by atoms with Gasteiger partial charge in [0.1, 0.15) is 22.7 Å². The first-order chi connectivity index (χ1) is 15.9. The lowest BCUT2D eigenvalue weighted by Crippen LogP contribution is -2.41. The maximum atomic E-state index is 13.5. The van der Waals surface area contributed by atoms with Gasteiger partial charge in [0.25, 0.3) is 0 Å². The van der Waals surface area contributed by atoms with Gasteiger partial charge in [0.2, 0.25) is 11.8 Å². The third-order valence-electron chi connectivity index (χ3n) is 5.59. The van der Waals surface area contributed by atoms with Crippen molar-refractivity contribution in [3.05, 3.63) is 75.6 Å². The van der Waals surface area contributed by atoms with Gasteiger partial charge in [-0.25, -0.2) is 4.39 Å². The van der Waals surface area contributed by atoms with Crippen molar-refractivity contribution in [3.8, 4) is 11.5 Å². The first-order valence-corrected chi connectivity index (χ1v) is 12.0. The quantitative estimate of drug-likeness (QED) is 0.235. The van der Waals surface area contributed by atoms with Crippen LogP contribution in [0.5, 0.6) is 11.5 Å². The summed E-state index contributed by atoms with van der Waals surface area (Å²) in [6, 6.07) is 16.3. The lowest BCUT2D eigenvalue weighted by Gasteiger charge is -2.26. The van der Waals surface area contributed by atoms with Crippen LogP contribution in [0, 0.1) is 14.1 Å². The van der Waals surface area contributed by atoms with E-state index >= 15 is 0 Å². The van der Waals surface area contributed by atoms with Crippen LogP contribution in [0.1, 0.15) is 12.8 Å². The van der Waals surface area contributed by atoms with E-state index in [1.165, 1.54) is 29.2 Å². The number of nitrogens with zero attached hydrogens (tertiary/aromatic N) is 2.